The van der Waals surface area contributed by atoms with Crippen LogP contribution in [-0.2, 0) is 16.8 Å². The number of carbonyl (C=O) groups excluding carboxylic acids is 1. The maximum Gasteiger partial charge on any atom is 0.230 e. The molecule has 1 N–H and O–H groups in total. The maximum absolute atomic E-state index is 13.6. The van der Waals surface area contributed by atoms with Gasteiger partial charge < -0.3 is 5.32 Å². The largest absolute Gasteiger partial charge is 0.350 e. The van der Waals surface area contributed by atoms with E-state index in [9.17, 15) is 9.18 Å². The molecule has 0 spiro atoms. The van der Waals surface area contributed by atoms with Gasteiger partial charge in [-0.2, -0.15) is 0 Å². The van der Waals surface area contributed by atoms with E-state index >= 15 is 0 Å². The molecule has 1 amide bonds. The Bertz CT molecular complexity index is 679. The normalized spacial score (nSPS) is 16.6. The van der Waals surface area contributed by atoms with Crippen molar-refractivity contribution >= 4 is 33.2 Å². The predicted octanol–water partition coefficient (Wildman–Crippen LogP) is 4.78. The van der Waals surface area contributed by atoms with Crippen LogP contribution >= 0.6 is 27.3 Å². The van der Waals surface area contributed by atoms with Crippen molar-refractivity contribution in [1.29, 1.82) is 0 Å². The average molecular weight is 382 g/mol. The van der Waals surface area contributed by atoms with E-state index in [-0.39, 0.29) is 11.7 Å². The van der Waals surface area contributed by atoms with Crippen LogP contribution in [0, 0.1) is 5.82 Å². The van der Waals surface area contributed by atoms with Crippen molar-refractivity contribution in [2.24, 2.45) is 0 Å². The minimum atomic E-state index is -0.573. The molecule has 1 fully saturated rings. The summed E-state index contributed by atoms with van der Waals surface area (Å²) in [4.78, 5) is 13.9. The van der Waals surface area contributed by atoms with Gasteiger partial charge in [0.05, 0.1) is 12.0 Å². The molecule has 116 valence electrons. The van der Waals surface area contributed by atoms with Gasteiger partial charge in [-0.15, -0.1) is 11.3 Å². The fourth-order valence-electron chi connectivity index (χ4n) is 3.19. The van der Waals surface area contributed by atoms with Crippen molar-refractivity contribution in [3.63, 3.8) is 0 Å². The van der Waals surface area contributed by atoms with Crippen LogP contribution in [0.1, 0.15) is 36.1 Å². The Labute approximate surface area is 141 Å². The molecule has 0 saturated heterocycles. The molecule has 1 aliphatic rings. The number of rotatable bonds is 4. The smallest absolute Gasteiger partial charge is 0.230 e. The van der Waals surface area contributed by atoms with Gasteiger partial charge in [-0.1, -0.05) is 25.0 Å². The number of nitrogens with one attached hydrogen (secondary N) is 1. The van der Waals surface area contributed by atoms with Gasteiger partial charge >= 0.3 is 0 Å². The van der Waals surface area contributed by atoms with E-state index in [2.05, 4.69) is 21.2 Å². The van der Waals surface area contributed by atoms with E-state index in [4.69, 9.17) is 0 Å². The molecule has 0 aliphatic heterocycles. The first-order valence-electron chi connectivity index (χ1n) is 7.37. The van der Waals surface area contributed by atoms with Crippen molar-refractivity contribution in [3.8, 4) is 0 Å². The van der Waals surface area contributed by atoms with Gasteiger partial charge in [-0.3, -0.25) is 4.79 Å². The summed E-state index contributed by atoms with van der Waals surface area (Å²) < 4.78 is 14.6. The number of carbonyl (C=O) groups is 1. The van der Waals surface area contributed by atoms with E-state index in [0.717, 1.165) is 40.6 Å². The van der Waals surface area contributed by atoms with Crippen LogP contribution in [0.2, 0.25) is 0 Å². The summed E-state index contributed by atoms with van der Waals surface area (Å²) in [5.41, 5.74) is 0.228. The summed E-state index contributed by atoms with van der Waals surface area (Å²) in [6, 6.07) is 8.50. The molecule has 2 aromatic rings. The van der Waals surface area contributed by atoms with Gasteiger partial charge in [0, 0.05) is 14.7 Å². The molecule has 1 saturated carbocycles. The topological polar surface area (TPSA) is 29.1 Å². The number of amides is 1. The summed E-state index contributed by atoms with van der Waals surface area (Å²) >= 11 is 5.03. The Hall–Kier alpha value is -1.20. The highest BCUT2D eigenvalue weighted by Gasteiger charge is 2.42. The standard InChI is InChI=1S/C17H17BrFNOS/c18-13-9-15(22-11-13)10-20-16(21)17(6-1-2-7-17)12-4-3-5-14(19)8-12/h3-5,8-9,11H,1-2,6-7,10H2,(H,20,21). The van der Waals surface area contributed by atoms with Crippen molar-refractivity contribution < 1.29 is 9.18 Å². The van der Waals surface area contributed by atoms with Crippen LogP contribution < -0.4 is 5.32 Å². The van der Waals surface area contributed by atoms with Crippen LogP contribution in [0.3, 0.4) is 0 Å². The van der Waals surface area contributed by atoms with Gasteiger partial charge in [-0.25, -0.2) is 4.39 Å². The van der Waals surface area contributed by atoms with Crippen molar-refractivity contribution in [2.75, 3.05) is 0 Å². The van der Waals surface area contributed by atoms with Crippen molar-refractivity contribution in [2.45, 2.75) is 37.6 Å². The third kappa shape index (κ3) is 3.10. The second kappa shape index (κ2) is 6.50. The molecule has 3 rings (SSSR count). The summed E-state index contributed by atoms with van der Waals surface area (Å²) in [6.45, 7) is 0.520. The lowest BCUT2D eigenvalue weighted by molar-refractivity contribution is -0.126. The SMILES string of the molecule is O=C(NCc1cc(Br)cs1)C1(c2cccc(F)c2)CCCC1. The molecular formula is C17H17BrFNOS. The highest BCUT2D eigenvalue weighted by Crippen LogP contribution is 2.41. The number of halogens is 2. The van der Waals surface area contributed by atoms with E-state index in [1.165, 1.54) is 12.1 Å². The first kappa shape index (κ1) is 15.7. The molecule has 1 aromatic heterocycles. The zero-order valence-electron chi connectivity index (χ0n) is 12.1. The summed E-state index contributed by atoms with van der Waals surface area (Å²) in [5, 5.41) is 5.04. The first-order chi connectivity index (χ1) is 10.6. The minimum absolute atomic E-state index is 0.0140. The highest BCUT2D eigenvalue weighted by molar-refractivity contribution is 9.10. The lowest BCUT2D eigenvalue weighted by Crippen LogP contribution is -2.42. The molecule has 1 aliphatic carbocycles. The van der Waals surface area contributed by atoms with Crippen LogP contribution in [0.15, 0.2) is 40.2 Å². The maximum atomic E-state index is 13.6. The van der Waals surface area contributed by atoms with Crippen LogP contribution in [0.5, 0.6) is 0 Å². The molecule has 0 unspecified atom stereocenters. The van der Waals surface area contributed by atoms with E-state index in [1.807, 2.05) is 17.5 Å². The third-order valence-corrected chi connectivity index (χ3v) is 6.01. The average Bonchev–Trinajstić information content (AvgIpc) is 3.14. The Morgan fingerprint density at radius 3 is 2.73 bits per heavy atom. The fraction of sp³-hybridized carbons (Fsp3) is 0.353. The van der Waals surface area contributed by atoms with E-state index < -0.39 is 5.41 Å². The van der Waals surface area contributed by atoms with Gasteiger partial charge in [0.2, 0.25) is 5.91 Å². The molecule has 0 atom stereocenters. The number of hydrogen-bond acceptors (Lipinski definition) is 2. The van der Waals surface area contributed by atoms with Crippen molar-refractivity contribution in [3.05, 3.63) is 56.4 Å². The summed E-state index contributed by atoms with van der Waals surface area (Å²) in [7, 11) is 0. The van der Waals surface area contributed by atoms with Crippen molar-refractivity contribution in [1.82, 2.24) is 5.32 Å². The third-order valence-electron chi connectivity index (χ3n) is 4.31. The first-order valence-corrected chi connectivity index (χ1v) is 9.05. The van der Waals surface area contributed by atoms with Crippen LogP contribution in [0.25, 0.3) is 0 Å². The molecule has 0 radical (unpaired) electrons. The highest BCUT2D eigenvalue weighted by atomic mass is 79.9. The lowest BCUT2D eigenvalue weighted by Gasteiger charge is -2.28. The molecule has 0 bridgehead atoms. The predicted molar refractivity (Wildman–Crippen MR) is 90.4 cm³/mol. The Balaban J connectivity index is 1.79. The van der Waals surface area contributed by atoms with E-state index in [0.29, 0.717) is 6.54 Å². The van der Waals surface area contributed by atoms with Gasteiger partial charge in [0.25, 0.3) is 0 Å². The number of hydrogen-bond donors (Lipinski definition) is 1. The van der Waals surface area contributed by atoms with E-state index in [1.54, 1.807) is 17.4 Å². The van der Waals surface area contributed by atoms with Gasteiger partial charge in [-0.05, 0) is 52.5 Å². The Morgan fingerprint density at radius 1 is 1.32 bits per heavy atom. The zero-order valence-corrected chi connectivity index (χ0v) is 14.5. The molecule has 1 heterocycles. The second-order valence-electron chi connectivity index (χ2n) is 5.71. The summed E-state index contributed by atoms with van der Waals surface area (Å²) in [6.07, 6.45) is 3.59. The minimum Gasteiger partial charge on any atom is -0.350 e. The second-order valence-corrected chi connectivity index (χ2v) is 7.62. The van der Waals surface area contributed by atoms with Crippen LogP contribution in [-0.4, -0.2) is 5.91 Å². The van der Waals surface area contributed by atoms with Gasteiger partial charge in [0.15, 0.2) is 0 Å². The molecule has 2 nitrogen and oxygen atoms in total. The molecular weight excluding hydrogens is 365 g/mol. The summed E-state index contributed by atoms with van der Waals surface area (Å²) in [5.74, 6) is -0.265. The molecule has 1 aromatic carbocycles. The zero-order chi connectivity index (χ0) is 15.6. The van der Waals surface area contributed by atoms with Crippen LogP contribution in [0.4, 0.5) is 4.39 Å². The molecule has 22 heavy (non-hydrogen) atoms. The Morgan fingerprint density at radius 2 is 2.09 bits per heavy atom. The molecule has 5 heteroatoms. The quantitative estimate of drug-likeness (QED) is 0.810. The monoisotopic (exact) mass is 381 g/mol. The van der Waals surface area contributed by atoms with Gasteiger partial charge in [0.1, 0.15) is 5.82 Å². The number of thiophene rings is 1. The fourth-order valence-corrected chi connectivity index (χ4v) is 4.59. The Kier molecular flexibility index (Phi) is 4.64. The lowest BCUT2D eigenvalue weighted by atomic mass is 9.78. The number of benzene rings is 1.